The van der Waals surface area contributed by atoms with E-state index in [0.717, 1.165) is 0 Å². The monoisotopic (exact) mass is 430 g/mol. The average molecular weight is 430 g/mol. The number of carbonyl (C=O) groups is 1. The molecule has 1 aliphatic heterocycles. The molecule has 2 unspecified atom stereocenters. The number of aromatic amines is 1. The van der Waals surface area contributed by atoms with Gasteiger partial charge >= 0.3 is 18.1 Å². The second kappa shape index (κ2) is 7.97. The van der Waals surface area contributed by atoms with Crippen LogP contribution in [-0.2, 0) is 0 Å². The molecule has 30 heavy (non-hydrogen) atoms. The molecule has 12 heteroatoms. The fourth-order valence-electron chi connectivity index (χ4n) is 3.43. The zero-order valence-electron chi connectivity index (χ0n) is 15.9. The first-order chi connectivity index (χ1) is 14.1. The van der Waals surface area contributed by atoms with E-state index >= 15 is 0 Å². The number of fused-ring (bicyclic) bond motifs is 1. The van der Waals surface area contributed by atoms with Crippen LogP contribution in [0.15, 0.2) is 18.5 Å². The molecule has 0 spiro atoms. The lowest BCUT2D eigenvalue weighted by Gasteiger charge is -2.23. The zero-order chi connectivity index (χ0) is 22.1. The molecule has 2 aromatic heterocycles. The summed E-state index contributed by atoms with van der Waals surface area (Å²) in [5.74, 6) is -5.09. The Kier molecular flexibility index (Phi) is 5.74. The van der Waals surface area contributed by atoms with Crippen LogP contribution in [-0.4, -0.2) is 58.7 Å². The van der Waals surface area contributed by atoms with Crippen LogP contribution in [0.2, 0.25) is 0 Å². The minimum absolute atomic E-state index is 0.0837. The predicted octanol–water partition coefficient (Wildman–Crippen LogP) is 4.14. The number of halogens is 5. The van der Waals surface area contributed by atoms with Crippen LogP contribution in [0.3, 0.4) is 0 Å². The Labute approximate surface area is 168 Å². The number of pyridine rings is 1. The average Bonchev–Trinajstić information content (AvgIpc) is 3.32. The van der Waals surface area contributed by atoms with Gasteiger partial charge in [0.15, 0.2) is 0 Å². The maximum atomic E-state index is 13.1. The molecular formula is C18H19F5N6O. The molecule has 0 aromatic carbocycles. The molecule has 0 aliphatic carbocycles. The van der Waals surface area contributed by atoms with Crippen LogP contribution in [0.25, 0.3) is 15.9 Å². The molecule has 3 rings (SSSR count). The highest BCUT2D eigenvalue weighted by Crippen LogP contribution is 2.36. The van der Waals surface area contributed by atoms with Crippen LogP contribution in [0.5, 0.6) is 0 Å². The van der Waals surface area contributed by atoms with Crippen LogP contribution in [0, 0.1) is 12.5 Å². The van der Waals surface area contributed by atoms with Crippen molar-refractivity contribution < 1.29 is 26.7 Å². The van der Waals surface area contributed by atoms with Crippen molar-refractivity contribution in [2.24, 2.45) is 5.92 Å². The van der Waals surface area contributed by atoms with Crippen LogP contribution < -0.4 is 10.6 Å². The van der Waals surface area contributed by atoms with Gasteiger partial charge in [-0.05, 0) is 18.4 Å². The number of anilines is 1. The summed E-state index contributed by atoms with van der Waals surface area (Å²) < 4.78 is 63.1. The van der Waals surface area contributed by atoms with Crippen LogP contribution in [0.1, 0.15) is 13.3 Å². The van der Waals surface area contributed by atoms with Crippen molar-refractivity contribution in [1.29, 1.82) is 0 Å². The number of hydrogen-bond donors (Lipinski definition) is 3. The molecule has 2 amide bonds. The van der Waals surface area contributed by atoms with E-state index in [1.807, 2.05) is 6.92 Å². The van der Waals surface area contributed by atoms with Gasteiger partial charge < -0.3 is 20.5 Å². The third-order valence-corrected chi connectivity index (χ3v) is 5.15. The SMILES string of the molecule is [C-]#[N+]c1cnc2[nH]ccc2c1NC1CN(C(=O)NCC(F)(F)C(F)(F)F)CC1CC. The minimum Gasteiger partial charge on any atom is -0.388 e. The summed E-state index contributed by atoms with van der Waals surface area (Å²) in [6, 6.07) is 0.442. The molecule has 0 saturated carbocycles. The Morgan fingerprint density at radius 2 is 2.10 bits per heavy atom. The Balaban J connectivity index is 1.72. The van der Waals surface area contributed by atoms with Crippen molar-refractivity contribution in [3.8, 4) is 0 Å². The molecule has 1 saturated heterocycles. The number of urea groups is 1. The van der Waals surface area contributed by atoms with Crippen molar-refractivity contribution in [2.45, 2.75) is 31.5 Å². The van der Waals surface area contributed by atoms with Gasteiger partial charge in [-0.15, -0.1) is 0 Å². The highest BCUT2D eigenvalue weighted by Gasteiger charge is 2.57. The lowest BCUT2D eigenvalue weighted by Crippen LogP contribution is -2.50. The van der Waals surface area contributed by atoms with Crippen molar-refractivity contribution >= 4 is 28.4 Å². The van der Waals surface area contributed by atoms with Gasteiger partial charge in [0.1, 0.15) is 5.65 Å². The number of aromatic nitrogens is 2. The number of alkyl halides is 5. The van der Waals surface area contributed by atoms with Gasteiger partial charge in [-0.3, -0.25) is 4.98 Å². The van der Waals surface area contributed by atoms with Crippen molar-refractivity contribution in [3.63, 3.8) is 0 Å². The lowest BCUT2D eigenvalue weighted by molar-refractivity contribution is -0.278. The standard InChI is InChI=1S/C18H19F5N6O/c1-3-10-7-29(16(30)27-9-17(19,20)18(21,22)23)8-13(10)28-14-11-4-5-25-15(11)26-6-12(14)24-2/h4-6,10,13H,3,7-9H2,1H3,(H,27,30)(H2,25,26,28). The normalized spacial score (nSPS) is 19.7. The van der Waals surface area contributed by atoms with E-state index in [0.29, 0.717) is 23.1 Å². The summed E-state index contributed by atoms with van der Waals surface area (Å²) in [6.07, 6.45) is -2.02. The molecular weight excluding hydrogens is 411 g/mol. The van der Waals surface area contributed by atoms with Crippen LogP contribution in [0.4, 0.5) is 38.1 Å². The van der Waals surface area contributed by atoms with E-state index in [1.165, 1.54) is 11.1 Å². The number of H-pyrrole nitrogens is 1. The maximum Gasteiger partial charge on any atom is 0.455 e. The summed E-state index contributed by atoms with van der Waals surface area (Å²) in [6.45, 7) is 7.69. The second-order valence-electron chi connectivity index (χ2n) is 7.06. The van der Waals surface area contributed by atoms with Gasteiger partial charge in [-0.25, -0.2) is 9.64 Å². The van der Waals surface area contributed by atoms with Crippen molar-refractivity contribution in [2.75, 3.05) is 25.0 Å². The second-order valence-corrected chi connectivity index (χ2v) is 7.06. The molecule has 0 bridgehead atoms. The Morgan fingerprint density at radius 1 is 1.37 bits per heavy atom. The van der Waals surface area contributed by atoms with E-state index in [4.69, 9.17) is 6.57 Å². The molecule has 7 nitrogen and oxygen atoms in total. The third-order valence-electron chi connectivity index (χ3n) is 5.15. The van der Waals surface area contributed by atoms with Gasteiger partial charge in [0.2, 0.25) is 5.69 Å². The molecule has 2 aromatic rings. The largest absolute Gasteiger partial charge is 0.455 e. The number of nitrogens with one attached hydrogen (secondary N) is 3. The molecule has 1 aliphatic rings. The van der Waals surface area contributed by atoms with E-state index in [2.05, 4.69) is 20.1 Å². The number of likely N-dealkylation sites (tertiary alicyclic amines) is 1. The van der Waals surface area contributed by atoms with E-state index in [1.54, 1.807) is 17.6 Å². The number of hydrogen-bond acceptors (Lipinski definition) is 3. The number of carbonyl (C=O) groups excluding carboxylic acids is 1. The number of amides is 2. The van der Waals surface area contributed by atoms with E-state index < -0.39 is 24.7 Å². The molecule has 2 atom stereocenters. The van der Waals surface area contributed by atoms with Gasteiger partial charge in [0, 0.05) is 36.9 Å². The summed E-state index contributed by atoms with van der Waals surface area (Å²) in [5.41, 5.74) is 1.38. The molecule has 3 heterocycles. The Morgan fingerprint density at radius 3 is 2.73 bits per heavy atom. The van der Waals surface area contributed by atoms with Crippen molar-refractivity contribution in [3.05, 3.63) is 29.9 Å². The van der Waals surface area contributed by atoms with E-state index in [9.17, 15) is 26.7 Å². The topological polar surface area (TPSA) is 77.4 Å². The Bertz CT molecular complexity index is 966. The molecule has 0 radical (unpaired) electrons. The first kappa shape index (κ1) is 21.6. The van der Waals surface area contributed by atoms with Gasteiger partial charge in [-0.1, -0.05) is 6.92 Å². The predicted molar refractivity (Wildman–Crippen MR) is 99.5 cm³/mol. The van der Waals surface area contributed by atoms with Gasteiger partial charge in [0.25, 0.3) is 0 Å². The minimum atomic E-state index is -5.74. The number of nitrogens with zero attached hydrogens (tertiary/aromatic N) is 3. The molecule has 1 fully saturated rings. The maximum absolute atomic E-state index is 13.1. The first-order valence-electron chi connectivity index (χ1n) is 9.14. The highest BCUT2D eigenvalue weighted by atomic mass is 19.4. The molecule has 162 valence electrons. The summed E-state index contributed by atoms with van der Waals surface area (Å²) in [7, 11) is 0. The van der Waals surface area contributed by atoms with E-state index in [-0.39, 0.29) is 30.7 Å². The third kappa shape index (κ3) is 4.10. The first-order valence-corrected chi connectivity index (χ1v) is 9.14. The quantitative estimate of drug-likeness (QED) is 0.493. The molecule has 3 N–H and O–H groups in total. The highest BCUT2D eigenvalue weighted by molar-refractivity contribution is 5.96. The Hall–Kier alpha value is -3.10. The van der Waals surface area contributed by atoms with Crippen LogP contribution >= 0.6 is 0 Å². The van der Waals surface area contributed by atoms with Gasteiger partial charge in [-0.2, -0.15) is 22.0 Å². The lowest BCUT2D eigenvalue weighted by atomic mass is 10.0. The summed E-state index contributed by atoms with van der Waals surface area (Å²) in [5, 5.41) is 5.61. The number of rotatable bonds is 5. The van der Waals surface area contributed by atoms with Crippen molar-refractivity contribution in [1.82, 2.24) is 20.2 Å². The smallest absolute Gasteiger partial charge is 0.388 e. The summed E-state index contributed by atoms with van der Waals surface area (Å²) in [4.78, 5) is 23.9. The summed E-state index contributed by atoms with van der Waals surface area (Å²) >= 11 is 0. The zero-order valence-corrected chi connectivity index (χ0v) is 15.9. The fourth-order valence-corrected chi connectivity index (χ4v) is 3.43. The fraction of sp³-hybridized carbons (Fsp3) is 0.500. The van der Waals surface area contributed by atoms with Gasteiger partial charge in [0.05, 0.1) is 18.8 Å².